The predicted molar refractivity (Wildman–Crippen MR) is 99.8 cm³/mol. The number of nitrogens with one attached hydrogen (secondary N) is 2. The molecule has 0 spiro atoms. The zero-order valence-corrected chi connectivity index (χ0v) is 16.4. The largest absolute Gasteiger partial charge is 0.471 e. The lowest BCUT2D eigenvalue weighted by Gasteiger charge is -2.17. The minimum atomic E-state index is -4.31. The molecule has 162 valence electrons. The van der Waals surface area contributed by atoms with E-state index in [4.69, 9.17) is 0 Å². The molecular weight excluding hydrogens is 408 g/mol. The Morgan fingerprint density at radius 3 is 2.53 bits per heavy atom. The molecule has 11 heteroatoms. The first kappa shape index (κ1) is 23.0. The van der Waals surface area contributed by atoms with Crippen LogP contribution in [0.25, 0.3) is 0 Å². The Kier molecular flexibility index (Phi) is 7.30. The molecule has 0 bridgehead atoms. The number of carbonyl (C=O) groups is 2. The van der Waals surface area contributed by atoms with Crippen LogP contribution in [-0.2, 0) is 4.79 Å². The molecule has 30 heavy (non-hydrogen) atoms. The van der Waals surface area contributed by atoms with Crippen molar-refractivity contribution < 1.29 is 31.9 Å². The van der Waals surface area contributed by atoms with Crippen LogP contribution < -0.4 is 15.4 Å². The van der Waals surface area contributed by atoms with Gasteiger partial charge in [0.2, 0.25) is 11.8 Å². The van der Waals surface area contributed by atoms with Gasteiger partial charge in [0.15, 0.2) is 6.61 Å². The van der Waals surface area contributed by atoms with Gasteiger partial charge in [-0.1, -0.05) is 0 Å². The number of hydrogen-bond donors (Lipinski definition) is 2. The summed E-state index contributed by atoms with van der Waals surface area (Å²) in [5.74, 6) is -5.03. The highest BCUT2D eigenvalue weighted by Crippen LogP contribution is 2.25. The molecule has 0 aliphatic carbocycles. The van der Waals surface area contributed by atoms with Crippen molar-refractivity contribution in [3.8, 4) is 5.88 Å². The predicted octanol–water partition coefficient (Wildman–Crippen LogP) is 3.51. The number of hydrogen-bond acceptors (Lipinski definition) is 5. The topological polar surface area (TPSA) is 93.2 Å². The molecule has 0 saturated carbocycles. The Bertz CT molecular complexity index is 924. The van der Waals surface area contributed by atoms with Crippen molar-refractivity contribution in [3.63, 3.8) is 0 Å². The maximum atomic E-state index is 13.0. The summed E-state index contributed by atoms with van der Waals surface area (Å²) in [5.41, 5.74) is 1.04. The number of alkyl halides is 4. The summed E-state index contributed by atoms with van der Waals surface area (Å²) in [4.78, 5) is 31.4. The fourth-order valence-corrected chi connectivity index (χ4v) is 2.39. The molecule has 2 aromatic rings. The summed E-state index contributed by atoms with van der Waals surface area (Å²) in [6.07, 6.45) is -1.28. The van der Waals surface area contributed by atoms with Gasteiger partial charge in [-0.25, -0.2) is 18.7 Å². The van der Waals surface area contributed by atoms with E-state index in [0.717, 1.165) is 6.20 Å². The minimum Gasteiger partial charge on any atom is -0.471 e. The van der Waals surface area contributed by atoms with Gasteiger partial charge in [0.1, 0.15) is 5.82 Å². The summed E-state index contributed by atoms with van der Waals surface area (Å²) in [5, 5.41) is 5.27. The smallest absolute Gasteiger partial charge is 0.340 e. The maximum absolute atomic E-state index is 13.0. The Labute approximate surface area is 169 Å². The zero-order valence-electron chi connectivity index (χ0n) is 16.4. The number of ether oxygens (including phenoxy) is 1. The molecule has 0 aromatic carbocycles. The van der Waals surface area contributed by atoms with E-state index in [2.05, 4.69) is 25.3 Å². The molecule has 2 heterocycles. The first-order valence-corrected chi connectivity index (χ1v) is 8.79. The van der Waals surface area contributed by atoms with Gasteiger partial charge < -0.3 is 15.4 Å². The Hall–Kier alpha value is -3.24. The van der Waals surface area contributed by atoms with Gasteiger partial charge in [0.05, 0.1) is 11.6 Å². The van der Waals surface area contributed by atoms with Crippen molar-refractivity contribution in [1.82, 2.24) is 15.3 Å². The minimum absolute atomic E-state index is 0.128. The van der Waals surface area contributed by atoms with E-state index in [9.17, 15) is 27.2 Å². The third-order valence-electron chi connectivity index (χ3n) is 3.95. The molecule has 0 radical (unpaired) electrons. The van der Waals surface area contributed by atoms with E-state index in [1.807, 2.05) is 0 Å². The highest BCUT2D eigenvalue weighted by Gasteiger charge is 2.42. The van der Waals surface area contributed by atoms with Crippen LogP contribution in [0.3, 0.4) is 0 Å². The molecule has 1 atom stereocenters. The number of pyridine rings is 2. The second-order valence-electron chi connectivity index (χ2n) is 6.55. The third kappa shape index (κ3) is 6.13. The molecule has 0 saturated heterocycles. The lowest BCUT2D eigenvalue weighted by Crippen LogP contribution is -2.34. The van der Waals surface area contributed by atoms with Crippen LogP contribution in [0.2, 0.25) is 0 Å². The summed E-state index contributed by atoms with van der Waals surface area (Å²) < 4.78 is 55.1. The van der Waals surface area contributed by atoms with Crippen molar-refractivity contribution in [2.24, 2.45) is 0 Å². The number of aromatic nitrogens is 2. The number of halogens is 4. The molecule has 0 aliphatic heterocycles. The second-order valence-corrected chi connectivity index (χ2v) is 6.55. The third-order valence-corrected chi connectivity index (χ3v) is 3.95. The van der Waals surface area contributed by atoms with E-state index >= 15 is 0 Å². The van der Waals surface area contributed by atoms with Crippen molar-refractivity contribution >= 4 is 17.6 Å². The fraction of sp³-hybridized carbons (Fsp3) is 0.368. The molecule has 2 amide bonds. The Morgan fingerprint density at radius 2 is 1.93 bits per heavy atom. The molecule has 7 nitrogen and oxygen atoms in total. The summed E-state index contributed by atoms with van der Waals surface area (Å²) in [6.45, 7) is 2.98. The van der Waals surface area contributed by atoms with Crippen LogP contribution in [0.15, 0.2) is 30.6 Å². The summed E-state index contributed by atoms with van der Waals surface area (Å²) >= 11 is 0. The summed E-state index contributed by atoms with van der Waals surface area (Å²) in [6, 6.07) is 4.17. The fourth-order valence-electron chi connectivity index (χ4n) is 2.39. The lowest BCUT2D eigenvalue weighted by atomic mass is 10.1. The standard InChI is InChI=1S/C19H20F4N4O3/c1-10-6-14(8-25-17(10)30-9-19(22,23)18(20)21)16(29)26-11(2)13-4-5-24-15(7-13)27-12(3)28/h4-8,11,18H,9H2,1-3H3,(H,26,29)(H,24,27,28). The van der Waals surface area contributed by atoms with E-state index in [0.29, 0.717) is 11.4 Å². The number of nitrogens with zero attached hydrogens (tertiary/aromatic N) is 2. The summed E-state index contributed by atoms with van der Waals surface area (Å²) in [7, 11) is 0. The van der Waals surface area contributed by atoms with Crippen LogP contribution in [0, 0.1) is 6.92 Å². The van der Waals surface area contributed by atoms with Crippen LogP contribution in [-0.4, -0.2) is 40.7 Å². The normalized spacial score (nSPS) is 12.4. The first-order chi connectivity index (χ1) is 14.0. The number of carbonyl (C=O) groups excluding carboxylic acids is 2. The van der Waals surface area contributed by atoms with Gasteiger partial charge in [-0.3, -0.25) is 9.59 Å². The van der Waals surface area contributed by atoms with Crippen LogP contribution >= 0.6 is 0 Å². The van der Waals surface area contributed by atoms with E-state index in [1.54, 1.807) is 19.1 Å². The van der Waals surface area contributed by atoms with Crippen molar-refractivity contribution in [2.45, 2.75) is 39.2 Å². The van der Waals surface area contributed by atoms with Crippen molar-refractivity contribution in [1.29, 1.82) is 0 Å². The van der Waals surface area contributed by atoms with Crippen molar-refractivity contribution in [2.75, 3.05) is 11.9 Å². The first-order valence-electron chi connectivity index (χ1n) is 8.79. The SMILES string of the molecule is CC(=O)Nc1cc(C(C)NC(=O)c2cnc(OCC(F)(F)C(F)F)c(C)c2)ccn1. The molecule has 0 fully saturated rings. The Morgan fingerprint density at radius 1 is 1.23 bits per heavy atom. The van der Waals surface area contributed by atoms with E-state index in [-0.39, 0.29) is 22.9 Å². The molecular formula is C19H20F4N4O3. The molecule has 2 N–H and O–H groups in total. The van der Waals surface area contributed by atoms with Gasteiger partial charge in [0, 0.05) is 24.9 Å². The second kappa shape index (κ2) is 9.51. The molecule has 0 aliphatic rings. The van der Waals surface area contributed by atoms with Gasteiger partial charge >= 0.3 is 12.3 Å². The highest BCUT2D eigenvalue weighted by molar-refractivity contribution is 5.94. The molecule has 2 rings (SSSR count). The molecule has 1 unspecified atom stereocenters. The monoisotopic (exact) mass is 428 g/mol. The van der Waals surface area contributed by atoms with Crippen LogP contribution in [0.5, 0.6) is 5.88 Å². The average Bonchev–Trinajstić information content (AvgIpc) is 2.66. The van der Waals surface area contributed by atoms with E-state index < -0.39 is 30.9 Å². The van der Waals surface area contributed by atoms with Crippen molar-refractivity contribution in [3.05, 3.63) is 47.3 Å². The number of rotatable bonds is 8. The van der Waals surface area contributed by atoms with Gasteiger partial charge in [0.25, 0.3) is 5.91 Å². The number of aryl methyl sites for hydroxylation is 1. The quantitative estimate of drug-likeness (QED) is 0.628. The van der Waals surface area contributed by atoms with Gasteiger partial charge in [-0.15, -0.1) is 0 Å². The zero-order chi connectivity index (χ0) is 22.5. The lowest BCUT2D eigenvalue weighted by molar-refractivity contribution is -0.148. The average molecular weight is 428 g/mol. The van der Waals surface area contributed by atoms with Gasteiger partial charge in [-0.05, 0) is 37.6 Å². The Balaban J connectivity index is 2.05. The van der Waals surface area contributed by atoms with Gasteiger partial charge in [-0.2, -0.15) is 8.78 Å². The number of anilines is 1. The van der Waals surface area contributed by atoms with Crippen LogP contribution in [0.4, 0.5) is 23.4 Å². The van der Waals surface area contributed by atoms with E-state index in [1.165, 1.54) is 26.1 Å². The molecule has 2 aromatic heterocycles. The maximum Gasteiger partial charge on any atom is 0.340 e. The highest BCUT2D eigenvalue weighted by atomic mass is 19.3. The van der Waals surface area contributed by atoms with Crippen LogP contribution in [0.1, 0.15) is 41.4 Å². The number of amides is 2.